The average molecular weight is 180 g/mol. The van der Waals surface area contributed by atoms with E-state index in [1.807, 2.05) is 13.8 Å². The topological polar surface area (TPSA) is 37.3 Å². The van der Waals surface area contributed by atoms with Crippen LogP contribution in [0.15, 0.2) is 0 Å². The molecule has 0 fully saturated rings. The van der Waals surface area contributed by atoms with Crippen molar-refractivity contribution in [3.63, 3.8) is 0 Å². The summed E-state index contributed by atoms with van der Waals surface area (Å²) in [5, 5.41) is 0. The van der Waals surface area contributed by atoms with E-state index >= 15 is 0 Å². The van der Waals surface area contributed by atoms with Gasteiger partial charge in [-0.25, -0.2) is 0 Å². The third-order valence-electron chi connectivity index (χ3n) is 1.48. The summed E-state index contributed by atoms with van der Waals surface area (Å²) in [5.41, 5.74) is 0.0694. The first-order valence-electron chi connectivity index (χ1n) is 3.45. The van der Waals surface area contributed by atoms with Gasteiger partial charge < -0.3 is 4.89 Å². The summed E-state index contributed by atoms with van der Waals surface area (Å²) < 4.78 is 10.5. The van der Waals surface area contributed by atoms with E-state index in [1.54, 1.807) is 0 Å². The van der Waals surface area contributed by atoms with Crippen LogP contribution in [-0.2, 0) is 4.57 Å². The van der Waals surface area contributed by atoms with Crippen molar-refractivity contribution < 1.29 is 9.46 Å². The molecule has 0 aromatic heterocycles. The molecule has 0 rings (SSSR count). The van der Waals surface area contributed by atoms with Gasteiger partial charge in [0, 0.05) is 5.66 Å². The summed E-state index contributed by atoms with van der Waals surface area (Å²) in [5.74, 6) is 0. The Morgan fingerprint density at radius 1 is 1.50 bits per heavy atom. The van der Waals surface area contributed by atoms with Crippen LogP contribution in [0.1, 0.15) is 33.1 Å². The van der Waals surface area contributed by atoms with Crippen LogP contribution < -0.4 is 0 Å². The highest BCUT2D eigenvalue weighted by atomic mass is 31.1. The first-order chi connectivity index (χ1) is 4.22. The number of hydrogen-bond donors (Lipinski definition) is 1. The van der Waals surface area contributed by atoms with Crippen LogP contribution in [0.4, 0.5) is 0 Å². The van der Waals surface area contributed by atoms with Crippen molar-refractivity contribution >= 4 is 25.4 Å². The van der Waals surface area contributed by atoms with E-state index < -0.39 is 8.03 Å². The Morgan fingerprint density at radius 2 is 2.00 bits per heavy atom. The van der Waals surface area contributed by atoms with Gasteiger partial charge in [0.05, 0.1) is 0 Å². The SMILES string of the molecule is CCCC(CC)[PH](=O)O.[AlH3]. The largest absolute Gasteiger partial charge is 0.346 e. The van der Waals surface area contributed by atoms with Gasteiger partial charge in [-0.3, -0.25) is 4.57 Å². The molecule has 0 radical (unpaired) electrons. The second-order valence-corrected chi connectivity index (χ2v) is 3.73. The summed E-state index contributed by atoms with van der Waals surface area (Å²) in [4.78, 5) is 8.69. The standard InChI is InChI=1S/C6H15O2P.Al.3H/c1-3-5-6(4-2)9(7)8;;;;/h6,9H,3-5H2,1-2H3,(H,7,8);;;;. The summed E-state index contributed by atoms with van der Waals surface area (Å²) in [6.07, 6.45) is 2.74. The Morgan fingerprint density at radius 3 is 2.10 bits per heavy atom. The van der Waals surface area contributed by atoms with Gasteiger partial charge in [0.25, 0.3) is 0 Å². The third-order valence-corrected chi connectivity index (χ3v) is 2.87. The van der Waals surface area contributed by atoms with Crippen molar-refractivity contribution in [2.75, 3.05) is 0 Å². The lowest BCUT2D eigenvalue weighted by Crippen LogP contribution is -1.98. The minimum absolute atomic E-state index is 0. The van der Waals surface area contributed by atoms with Crippen LogP contribution in [0.3, 0.4) is 0 Å². The molecule has 10 heavy (non-hydrogen) atoms. The second kappa shape index (κ2) is 7.83. The first kappa shape index (κ1) is 13.3. The molecular weight excluding hydrogens is 162 g/mol. The summed E-state index contributed by atoms with van der Waals surface area (Å²) in [6, 6.07) is 0. The molecule has 0 amide bonds. The van der Waals surface area contributed by atoms with E-state index in [0.29, 0.717) is 0 Å². The van der Waals surface area contributed by atoms with Gasteiger partial charge in [0.2, 0.25) is 0 Å². The summed E-state index contributed by atoms with van der Waals surface area (Å²) >= 11 is 0. The molecule has 0 aliphatic carbocycles. The average Bonchev–Trinajstić information content (AvgIpc) is 1.82. The van der Waals surface area contributed by atoms with Crippen molar-refractivity contribution in [2.45, 2.75) is 38.8 Å². The monoisotopic (exact) mass is 180 g/mol. The van der Waals surface area contributed by atoms with Crippen LogP contribution in [0, 0.1) is 0 Å². The zero-order valence-corrected chi connectivity index (χ0v) is 7.05. The molecule has 0 saturated carbocycles. The molecule has 2 nitrogen and oxygen atoms in total. The van der Waals surface area contributed by atoms with Crippen molar-refractivity contribution in [1.29, 1.82) is 0 Å². The van der Waals surface area contributed by atoms with Crippen molar-refractivity contribution in [3.05, 3.63) is 0 Å². The van der Waals surface area contributed by atoms with Gasteiger partial charge >= 0.3 is 0 Å². The van der Waals surface area contributed by atoms with E-state index in [1.165, 1.54) is 0 Å². The van der Waals surface area contributed by atoms with Gasteiger partial charge in [0.15, 0.2) is 25.4 Å². The van der Waals surface area contributed by atoms with Crippen molar-refractivity contribution in [1.82, 2.24) is 0 Å². The minimum Gasteiger partial charge on any atom is -0.346 e. The number of rotatable bonds is 4. The van der Waals surface area contributed by atoms with E-state index in [4.69, 9.17) is 4.89 Å². The van der Waals surface area contributed by atoms with E-state index in [9.17, 15) is 4.57 Å². The lowest BCUT2D eigenvalue weighted by atomic mass is 10.2. The highest BCUT2D eigenvalue weighted by molar-refractivity contribution is 7.38. The zero-order valence-electron chi connectivity index (χ0n) is 6.05. The van der Waals surface area contributed by atoms with Crippen LogP contribution in [-0.4, -0.2) is 27.9 Å². The highest BCUT2D eigenvalue weighted by Gasteiger charge is 2.08. The van der Waals surface area contributed by atoms with Crippen molar-refractivity contribution in [3.8, 4) is 0 Å². The Kier molecular flexibility index (Phi) is 10.4. The maximum absolute atomic E-state index is 10.5. The summed E-state index contributed by atoms with van der Waals surface area (Å²) in [6.45, 7) is 3.99. The molecule has 0 aliphatic rings. The zero-order chi connectivity index (χ0) is 7.28. The normalized spacial score (nSPS) is 15.5. The second-order valence-electron chi connectivity index (χ2n) is 2.23. The van der Waals surface area contributed by atoms with E-state index in [2.05, 4.69) is 0 Å². The fourth-order valence-corrected chi connectivity index (χ4v) is 1.74. The first-order valence-corrected chi connectivity index (χ1v) is 4.88. The van der Waals surface area contributed by atoms with Crippen LogP contribution in [0.25, 0.3) is 0 Å². The van der Waals surface area contributed by atoms with Gasteiger partial charge in [-0.15, -0.1) is 0 Å². The minimum atomic E-state index is -2.24. The fourth-order valence-electron chi connectivity index (χ4n) is 0.851. The predicted octanol–water partition coefficient (Wildman–Crippen LogP) is 0.848. The maximum atomic E-state index is 10.5. The molecule has 0 aliphatic heterocycles. The molecular formula is C6H18AlO2P. The quantitative estimate of drug-likeness (QED) is 0.514. The summed E-state index contributed by atoms with van der Waals surface area (Å²) in [7, 11) is -2.24. The molecule has 1 N–H and O–H groups in total. The maximum Gasteiger partial charge on any atom is 0.192 e. The van der Waals surface area contributed by atoms with Crippen LogP contribution in [0.2, 0.25) is 0 Å². The Balaban J connectivity index is 0. The molecule has 62 valence electrons. The lowest BCUT2D eigenvalue weighted by molar-refractivity contribution is 0.479. The van der Waals surface area contributed by atoms with E-state index in [0.717, 1.165) is 19.3 Å². The van der Waals surface area contributed by atoms with Gasteiger partial charge in [-0.2, -0.15) is 0 Å². The molecule has 0 aromatic rings. The molecule has 2 unspecified atom stereocenters. The Labute approximate surface area is 74.0 Å². The lowest BCUT2D eigenvalue weighted by Gasteiger charge is -2.07. The third kappa shape index (κ3) is 5.50. The Bertz CT molecular complexity index is 97.7. The van der Waals surface area contributed by atoms with Gasteiger partial charge in [0.1, 0.15) is 0 Å². The predicted molar refractivity (Wildman–Crippen MR) is 50.1 cm³/mol. The molecule has 4 heteroatoms. The smallest absolute Gasteiger partial charge is 0.192 e. The molecule has 2 atom stereocenters. The molecule has 0 saturated heterocycles. The highest BCUT2D eigenvalue weighted by Crippen LogP contribution is 2.28. The van der Waals surface area contributed by atoms with Gasteiger partial charge in [-0.1, -0.05) is 20.3 Å². The Hall–Kier alpha value is 0.722. The molecule has 0 heterocycles. The van der Waals surface area contributed by atoms with Crippen LogP contribution in [0.5, 0.6) is 0 Å². The van der Waals surface area contributed by atoms with Gasteiger partial charge in [-0.05, 0) is 12.8 Å². The van der Waals surface area contributed by atoms with E-state index in [-0.39, 0.29) is 23.0 Å². The molecule has 0 aromatic carbocycles. The number of hydrogen-bond acceptors (Lipinski definition) is 1. The fraction of sp³-hybridized carbons (Fsp3) is 1.00. The van der Waals surface area contributed by atoms with Crippen molar-refractivity contribution in [2.24, 2.45) is 0 Å². The molecule has 0 spiro atoms. The molecule has 0 bridgehead atoms. The van der Waals surface area contributed by atoms with Crippen LogP contribution >= 0.6 is 8.03 Å².